The molecule has 0 unspecified atom stereocenters. The summed E-state index contributed by atoms with van der Waals surface area (Å²) in [6.07, 6.45) is 0.399. The zero-order valence-electron chi connectivity index (χ0n) is 12.1. The average molecular weight is 319 g/mol. The Morgan fingerprint density at radius 2 is 2.09 bits per heavy atom. The van der Waals surface area contributed by atoms with Crippen LogP contribution in [0.5, 0.6) is 5.88 Å². The van der Waals surface area contributed by atoms with Crippen LogP contribution in [-0.4, -0.2) is 26.7 Å². The highest BCUT2D eigenvalue weighted by Crippen LogP contribution is 2.16. The van der Waals surface area contributed by atoms with Gasteiger partial charge in [0.15, 0.2) is 5.16 Å². The van der Waals surface area contributed by atoms with Gasteiger partial charge in [-0.05, 0) is 12.0 Å². The molecule has 2 rings (SSSR count). The molecule has 1 aromatic carbocycles. The van der Waals surface area contributed by atoms with Crippen LogP contribution in [-0.2, 0) is 17.8 Å². The van der Waals surface area contributed by atoms with E-state index >= 15 is 0 Å². The van der Waals surface area contributed by atoms with Crippen LogP contribution in [0.2, 0.25) is 0 Å². The van der Waals surface area contributed by atoms with Crippen molar-refractivity contribution in [1.82, 2.24) is 15.3 Å². The highest BCUT2D eigenvalue weighted by Gasteiger charge is 2.10. The minimum Gasteiger partial charge on any atom is -0.493 e. The number of benzene rings is 1. The number of nitrogens with zero attached hydrogens (tertiary/aromatic N) is 1. The van der Waals surface area contributed by atoms with Gasteiger partial charge in [0.2, 0.25) is 11.8 Å². The van der Waals surface area contributed by atoms with Gasteiger partial charge in [-0.25, -0.2) is 0 Å². The van der Waals surface area contributed by atoms with Crippen LogP contribution < -0.4 is 10.9 Å². The summed E-state index contributed by atoms with van der Waals surface area (Å²) in [6.45, 7) is 2.21. The number of aromatic nitrogens is 2. The maximum absolute atomic E-state index is 11.8. The molecular formula is C15H17N3O3S. The summed E-state index contributed by atoms with van der Waals surface area (Å²) in [7, 11) is 0. The van der Waals surface area contributed by atoms with Gasteiger partial charge in [0.25, 0.3) is 5.56 Å². The van der Waals surface area contributed by atoms with E-state index in [1.165, 1.54) is 0 Å². The van der Waals surface area contributed by atoms with E-state index in [9.17, 15) is 14.7 Å². The Kier molecular flexibility index (Phi) is 5.60. The van der Waals surface area contributed by atoms with Gasteiger partial charge in [0.1, 0.15) is 0 Å². The normalized spacial score (nSPS) is 10.4. The molecule has 1 amide bonds. The average Bonchev–Trinajstić information content (AvgIpc) is 2.52. The maximum Gasteiger partial charge on any atom is 0.258 e. The molecule has 2 aromatic rings. The van der Waals surface area contributed by atoms with Crippen molar-refractivity contribution in [1.29, 1.82) is 0 Å². The van der Waals surface area contributed by atoms with Gasteiger partial charge in [0, 0.05) is 6.54 Å². The third-order valence-corrected chi connectivity index (χ3v) is 3.87. The van der Waals surface area contributed by atoms with Crippen LogP contribution in [0.15, 0.2) is 40.3 Å². The SMILES string of the molecule is CCc1c(O)nc(SCC(=O)NCc2ccccc2)[nH]c1=O. The molecule has 0 saturated heterocycles. The third kappa shape index (κ3) is 4.36. The summed E-state index contributed by atoms with van der Waals surface area (Å²) in [5, 5.41) is 12.7. The lowest BCUT2D eigenvalue weighted by atomic mass is 10.2. The smallest absolute Gasteiger partial charge is 0.258 e. The van der Waals surface area contributed by atoms with E-state index in [4.69, 9.17) is 0 Å². The quantitative estimate of drug-likeness (QED) is 0.553. The number of thioether (sulfide) groups is 1. The molecule has 0 bridgehead atoms. The Bertz CT molecular complexity index is 701. The van der Waals surface area contributed by atoms with Crippen LogP contribution in [0, 0.1) is 0 Å². The first-order chi connectivity index (χ1) is 10.6. The monoisotopic (exact) mass is 319 g/mol. The summed E-state index contributed by atoms with van der Waals surface area (Å²) in [6, 6.07) is 9.57. The Balaban J connectivity index is 1.87. The Morgan fingerprint density at radius 1 is 1.36 bits per heavy atom. The van der Waals surface area contributed by atoms with Gasteiger partial charge >= 0.3 is 0 Å². The molecule has 0 aliphatic heterocycles. The number of hydrogen-bond donors (Lipinski definition) is 3. The van der Waals surface area contributed by atoms with Gasteiger partial charge in [-0.3, -0.25) is 9.59 Å². The van der Waals surface area contributed by atoms with E-state index in [2.05, 4.69) is 15.3 Å². The predicted molar refractivity (Wildman–Crippen MR) is 84.9 cm³/mol. The molecule has 1 aromatic heterocycles. The summed E-state index contributed by atoms with van der Waals surface area (Å²) < 4.78 is 0. The molecule has 116 valence electrons. The molecule has 0 saturated carbocycles. The second-order valence-electron chi connectivity index (χ2n) is 4.58. The summed E-state index contributed by atoms with van der Waals surface area (Å²) in [5.41, 5.74) is 0.886. The lowest BCUT2D eigenvalue weighted by Crippen LogP contribution is -2.25. The fourth-order valence-corrected chi connectivity index (χ4v) is 2.52. The Hall–Kier alpha value is -2.28. The van der Waals surface area contributed by atoms with Crippen molar-refractivity contribution in [2.24, 2.45) is 0 Å². The fourth-order valence-electron chi connectivity index (χ4n) is 1.83. The molecule has 0 fully saturated rings. The summed E-state index contributed by atoms with van der Waals surface area (Å²) in [5.74, 6) is -0.338. The number of H-pyrrole nitrogens is 1. The number of amides is 1. The van der Waals surface area contributed by atoms with Gasteiger partial charge in [0.05, 0.1) is 11.3 Å². The molecule has 0 atom stereocenters. The van der Waals surface area contributed by atoms with E-state index in [0.29, 0.717) is 13.0 Å². The summed E-state index contributed by atoms with van der Waals surface area (Å²) >= 11 is 1.07. The van der Waals surface area contributed by atoms with Crippen LogP contribution in [0.4, 0.5) is 0 Å². The zero-order chi connectivity index (χ0) is 15.9. The van der Waals surface area contributed by atoms with E-state index in [1.807, 2.05) is 30.3 Å². The van der Waals surface area contributed by atoms with Crippen molar-refractivity contribution in [2.45, 2.75) is 25.0 Å². The second kappa shape index (κ2) is 7.65. The first kappa shape index (κ1) is 16.1. The van der Waals surface area contributed by atoms with E-state index in [1.54, 1.807) is 6.92 Å². The molecule has 0 aliphatic carbocycles. The molecule has 1 heterocycles. The lowest BCUT2D eigenvalue weighted by Gasteiger charge is -2.06. The first-order valence-corrected chi connectivity index (χ1v) is 7.84. The topological polar surface area (TPSA) is 95.1 Å². The molecular weight excluding hydrogens is 302 g/mol. The minimum atomic E-state index is -0.373. The largest absolute Gasteiger partial charge is 0.493 e. The maximum atomic E-state index is 11.8. The van der Waals surface area contributed by atoms with Crippen molar-refractivity contribution >= 4 is 17.7 Å². The summed E-state index contributed by atoms with van der Waals surface area (Å²) in [4.78, 5) is 29.9. The molecule has 3 N–H and O–H groups in total. The van der Waals surface area contributed by atoms with E-state index < -0.39 is 0 Å². The van der Waals surface area contributed by atoms with Crippen molar-refractivity contribution in [3.8, 4) is 5.88 Å². The molecule has 0 aliphatic rings. The molecule has 7 heteroatoms. The van der Waals surface area contributed by atoms with Gasteiger partial charge in [-0.1, -0.05) is 49.0 Å². The predicted octanol–water partition coefficient (Wildman–Crippen LogP) is 1.45. The number of nitrogens with one attached hydrogen (secondary N) is 2. The molecule has 6 nitrogen and oxygen atoms in total. The van der Waals surface area contributed by atoms with Crippen molar-refractivity contribution in [3.63, 3.8) is 0 Å². The second-order valence-corrected chi connectivity index (χ2v) is 5.54. The van der Waals surface area contributed by atoms with E-state index in [0.717, 1.165) is 17.3 Å². The minimum absolute atomic E-state index is 0.112. The Morgan fingerprint density at radius 3 is 2.73 bits per heavy atom. The van der Waals surface area contributed by atoms with Gasteiger partial charge in [-0.15, -0.1) is 0 Å². The number of carbonyl (C=O) groups excluding carboxylic acids is 1. The fraction of sp³-hybridized carbons (Fsp3) is 0.267. The first-order valence-electron chi connectivity index (χ1n) is 6.85. The lowest BCUT2D eigenvalue weighted by molar-refractivity contribution is -0.118. The van der Waals surface area contributed by atoms with Crippen LogP contribution in [0.25, 0.3) is 0 Å². The Labute approximate surface area is 132 Å². The van der Waals surface area contributed by atoms with Gasteiger partial charge < -0.3 is 15.4 Å². The highest BCUT2D eigenvalue weighted by atomic mass is 32.2. The van der Waals surface area contributed by atoms with Crippen LogP contribution >= 0.6 is 11.8 Å². The molecule has 22 heavy (non-hydrogen) atoms. The number of carbonyl (C=O) groups is 1. The van der Waals surface area contributed by atoms with Crippen molar-refractivity contribution in [2.75, 3.05) is 5.75 Å². The van der Waals surface area contributed by atoms with Gasteiger partial charge in [-0.2, -0.15) is 4.98 Å². The number of aromatic hydroxyl groups is 1. The number of rotatable bonds is 6. The van der Waals surface area contributed by atoms with Crippen LogP contribution in [0.1, 0.15) is 18.1 Å². The zero-order valence-corrected chi connectivity index (χ0v) is 12.9. The van der Waals surface area contributed by atoms with E-state index in [-0.39, 0.29) is 33.8 Å². The van der Waals surface area contributed by atoms with Crippen molar-refractivity contribution in [3.05, 3.63) is 51.8 Å². The standard InChI is InChI=1S/C15H17N3O3S/c1-2-11-13(20)17-15(18-14(11)21)22-9-12(19)16-8-10-6-4-3-5-7-10/h3-7H,2,8-9H2,1H3,(H,16,19)(H2,17,18,20,21). The van der Waals surface area contributed by atoms with Crippen LogP contribution in [0.3, 0.4) is 0 Å². The third-order valence-electron chi connectivity index (χ3n) is 3.00. The molecule has 0 spiro atoms. The number of hydrogen-bond acceptors (Lipinski definition) is 5. The highest BCUT2D eigenvalue weighted by molar-refractivity contribution is 7.99. The van der Waals surface area contributed by atoms with Crippen molar-refractivity contribution < 1.29 is 9.90 Å². The number of aromatic amines is 1. The molecule has 0 radical (unpaired) electrons.